The summed E-state index contributed by atoms with van der Waals surface area (Å²) in [5, 5.41) is 9.40. The van der Waals surface area contributed by atoms with Gasteiger partial charge in [-0.3, -0.25) is 9.89 Å². The fourth-order valence-electron chi connectivity index (χ4n) is 2.53. The minimum absolute atomic E-state index is 0.386. The molecule has 1 rings (SSSR count). The number of nitrogens with one attached hydrogen (secondary N) is 3. The van der Waals surface area contributed by atoms with Gasteiger partial charge < -0.3 is 20.7 Å². The third kappa shape index (κ3) is 10.7. The van der Waals surface area contributed by atoms with Crippen LogP contribution in [0.25, 0.3) is 0 Å². The SMILES string of the molecule is CN=C(NCCCNC(=O)OC(C)(C)C)NCc1ccccc1CN(C)C(C)C. The number of carbonyl (C=O) groups excluding carboxylic acids is 1. The fourth-order valence-corrected chi connectivity index (χ4v) is 2.53. The van der Waals surface area contributed by atoms with Gasteiger partial charge in [-0.15, -0.1) is 0 Å². The van der Waals surface area contributed by atoms with Gasteiger partial charge in [0.15, 0.2) is 5.96 Å². The molecule has 3 N–H and O–H groups in total. The largest absolute Gasteiger partial charge is 0.444 e. The van der Waals surface area contributed by atoms with Crippen LogP contribution in [0, 0.1) is 0 Å². The molecule has 0 aliphatic carbocycles. The summed E-state index contributed by atoms with van der Waals surface area (Å²) in [7, 11) is 3.90. The molecule has 0 saturated carbocycles. The molecule has 7 heteroatoms. The lowest BCUT2D eigenvalue weighted by Gasteiger charge is -2.23. The number of ether oxygens (including phenoxy) is 1. The highest BCUT2D eigenvalue weighted by Crippen LogP contribution is 2.12. The highest BCUT2D eigenvalue weighted by atomic mass is 16.6. The molecule has 0 unspecified atom stereocenters. The van der Waals surface area contributed by atoms with Gasteiger partial charge in [0, 0.05) is 39.3 Å². The van der Waals surface area contributed by atoms with Gasteiger partial charge in [-0.1, -0.05) is 24.3 Å². The van der Waals surface area contributed by atoms with E-state index in [1.165, 1.54) is 11.1 Å². The summed E-state index contributed by atoms with van der Waals surface area (Å²) in [6.45, 7) is 12.8. The van der Waals surface area contributed by atoms with Gasteiger partial charge in [0.2, 0.25) is 0 Å². The summed E-state index contributed by atoms with van der Waals surface area (Å²) in [6.07, 6.45) is 0.387. The molecule has 0 bridgehead atoms. The van der Waals surface area contributed by atoms with Gasteiger partial charge in [0.05, 0.1) is 0 Å². The van der Waals surface area contributed by atoms with Gasteiger partial charge in [0.25, 0.3) is 0 Å². The highest BCUT2D eigenvalue weighted by molar-refractivity contribution is 5.79. The zero-order valence-electron chi connectivity index (χ0n) is 19.1. The van der Waals surface area contributed by atoms with E-state index in [-0.39, 0.29) is 6.09 Å². The average Bonchev–Trinajstić information content (AvgIpc) is 2.63. The number of rotatable bonds is 9. The lowest BCUT2D eigenvalue weighted by molar-refractivity contribution is 0.0527. The molecule has 0 atom stereocenters. The van der Waals surface area contributed by atoms with Crippen molar-refractivity contribution in [2.24, 2.45) is 4.99 Å². The van der Waals surface area contributed by atoms with Gasteiger partial charge in [-0.05, 0) is 59.2 Å². The zero-order valence-corrected chi connectivity index (χ0v) is 19.1. The molecule has 0 saturated heterocycles. The van der Waals surface area contributed by atoms with E-state index in [0.717, 1.165) is 18.9 Å². The molecule has 0 aromatic heterocycles. The number of carbonyl (C=O) groups is 1. The van der Waals surface area contributed by atoms with Crippen LogP contribution in [-0.2, 0) is 17.8 Å². The quantitative estimate of drug-likeness (QED) is 0.334. The number of hydrogen-bond donors (Lipinski definition) is 3. The molecule has 29 heavy (non-hydrogen) atoms. The van der Waals surface area contributed by atoms with Crippen molar-refractivity contribution >= 4 is 12.1 Å². The molecular weight excluding hydrogens is 366 g/mol. The number of guanidine groups is 1. The number of benzene rings is 1. The van der Waals surface area contributed by atoms with Crippen LogP contribution in [0.1, 0.15) is 52.2 Å². The standard InChI is InChI=1S/C22H39N5O2/c1-17(2)27(7)16-19-12-9-8-11-18(19)15-26-20(23-6)24-13-10-14-25-21(28)29-22(3,4)5/h8-9,11-12,17H,10,13-16H2,1-7H3,(H,25,28)(H2,23,24,26). The Morgan fingerprint density at radius 3 is 2.31 bits per heavy atom. The normalized spacial score (nSPS) is 12.2. The van der Waals surface area contributed by atoms with E-state index < -0.39 is 5.60 Å². The molecule has 0 heterocycles. The summed E-state index contributed by atoms with van der Waals surface area (Å²) in [6, 6.07) is 8.97. The van der Waals surface area contributed by atoms with Gasteiger partial charge >= 0.3 is 6.09 Å². The minimum atomic E-state index is -0.478. The van der Waals surface area contributed by atoms with E-state index >= 15 is 0 Å². The molecule has 0 radical (unpaired) electrons. The summed E-state index contributed by atoms with van der Waals surface area (Å²) in [4.78, 5) is 18.2. The molecule has 7 nitrogen and oxygen atoms in total. The Morgan fingerprint density at radius 1 is 1.10 bits per heavy atom. The van der Waals surface area contributed by atoms with Gasteiger partial charge in [-0.2, -0.15) is 0 Å². The van der Waals surface area contributed by atoms with Gasteiger partial charge in [0.1, 0.15) is 5.60 Å². The van der Waals surface area contributed by atoms with Gasteiger partial charge in [-0.25, -0.2) is 4.79 Å². The van der Waals surface area contributed by atoms with Crippen molar-refractivity contribution in [1.29, 1.82) is 0 Å². The first-order valence-electron chi connectivity index (χ1n) is 10.3. The molecular formula is C22H39N5O2. The van der Waals surface area contributed by atoms with Crippen molar-refractivity contribution in [3.63, 3.8) is 0 Å². The molecule has 164 valence electrons. The van der Waals surface area contributed by atoms with Crippen molar-refractivity contribution in [3.8, 4) is 0 Å². The Morgan fingerprint density at radius 2 is 1.72 bits per heavy atom. The second-order valence-electron chi connectivity index (χ2n) is 8.41. The van der Waals surface area contributed by atoms with Crippen LogP contribution in [0.4, 0.5) is 4.79 Å². The van der Waals surface area contributed by atoms with Crippen molar-refractivity contribution < 1.29 is 9.53 Å². The summed E-state index contributed by atoms with van der Waals surface area (Å²) in [5.74, 6) is 0.745. The van der Waals surface area contributed by atoms with Crippen LogP contribution in [0.15, 0.2) is 29.3 Å². The molecule has 0 aliphatic rings. The maximum atomic E-state index is 11.6. The van der Waals surface area contributed by atoms with Crippen molar-refractivity contribution in [1.82, 2.24) is 20.9 Å². The van der Waals surface area contributed by atoms with Crippen LogP contribution >= 0.6 is 0 Å². The van der Waals surface area contributed by atoms with E-state index in [9.17, 15) is 4.79 Å². The Kier molecular flexibility index (Phi) is 10.5. The first-order valence-corrected chi connectivity index (χ1v) is 10.3. The van der Waals surface area contributed by atoms with Crippen LogP contribution in [0.3, 0.4) is 0 Å². The monoisotopic (exact) mass is 405 g/mol. The summed E-state index contributed by atoms with van der Waals surface area (Å²) in [5.41, 5.74) is 2.09. The molecule has 0 fully saturated rings. The Balaban J connectivity index is 2.39. The molecule has 0 aliphatic heterocycles. The van der Waals surface area contributed by atoms with Crippen molar-refractivity contribution in [3.05, 3.63) is 35.4 Å². The van der Waals surface area contributed by atoms with Crippen molar-refractivity contribution in [2.45, 2.75) is 65.8 Å². The zero-order chi connectivity index (χ0) is 21.9. The highest BCUT2D eigenvalue weighted by Gasteiger charge is 2.15. The van der Waals surface area contributed by atoms with E-state index in [2.05, 4.69) is 71.0 Å². The second-order valence-corrected chi connectivity index (χ2v) is 8.41. The molecule has 1 aromatic carbocycles. The van der Waals surface area contributed by atoms with E-state index in [1.807, 2.05) is 20.8 Å². The first-order chi connectivity index (χ1) is 13.6. The summed E-state index contributed by atoms with van der Waals surface area (Å²) < 4.78 is 5.22. The van der Waals surface area contributed by atoms with E-state index in [1.54, 1.807) is 7.05 Å². The summed E-state index contributed by atoms with van der Waals surface area (Å²) >= 11 is 0. The number of alkyl carbamates (subject to hydrolysis) is 1. The fraction of sp³-hybridized carbons (Fsp3) is 0.636. The predicted molar refractivity (Wildman–Crippen MR) is 120 cm³/mol. The third-order valence-electron chi connectivity index (χ3n) is 4.40. The minimum Gasteiger partial charge on any atom is -0.444 e. The number of aliphatic imine (C=N–C) groups is 1. The Labute approximate surface area is 176 Å². The maximum absolute atomic E-state index is 11.6. The first kappa shape index (κ1) is 24.8. The third-order valence-corrected chi connectivity index (χ3v) is 4.40. The van der Waals surface area contributed by atoms with Crippen LogP contribution in [-0.4, -0.2) is 55.8 Å². The molecule has 0 spiro atoms. The number of hydrogen-bond acceptors (Lipinski definition) is 4. The maximum Gasteiger partial charge on any atom is 0.407 e. The lowest BCUT2D eigenvalue weighted by atomic mass is 10.1. The Bertz CT molecular complexity index is 653. The smallest absolute Gasteiger partial charge is 0.407 e. The topological polar surface area (TPSA) is 78.0 Å². The molecule has 1 aromatic rings. The van der Waals surface area contributed by atoms with Crippen LogP contribution in [0.5, 0.6) is 0 Å². The van der Waals surface area contributed by atoms with E-state index in [4.69, 9.17) is 4.74 Å². The Hall–Kier alpha value is -2.28. The van der Waals surface area contributed by atoms with Crippen molar-refractivity contribution in [2.75, 3.05) is 27.2 Å². The lowest BCUT2D eigenvalue weighted by Crippen LogP contribution is -2.39. The van der Waals surface area contributed by atoms with Crippen LogP contribution < -0.4 is 16.0 Å². The average molecular weight is 406 g/mol. The number of nitrogens with zero attached hydrogens (tertiary/aromatic N) is 2. The number of amides is 1. The second kappa shape index (κ2) is 12.3. The molecule has 1 amide bonds. The van der Waals surface area contributed by atoms with E-state index in [0.29, 0.717) is 25.7 Å². The predicted octanol–water partition coefficient (Wildman–Crippen LogP) is 3.11. The van der Waals surface area contributed by atoms with Crippen LogP contribution in [0.2, 0.25) is 0 Å².